The predicted molar refractivity (Wildman–Crippen MR) is 109 cm³/mol. The molecule has 0 radical (unpaired) electrons. The number of nitrogens with zero attached hydrogens (tertiary/aromatic N) is 1. The second-order valence-corrected chi connectivity index (χ2v) is 6.91. The maximum atomic E-state index is 12.3. The van der Waals surface area contributed by atoms with Crippen LogP contribution < -0.4 is 5.43 Å². The number of rotatable bonds is 2. The molecule has 4 nitrogen and oxygen atoms in total. The normalized spacial score (nSPS) is 11.6. The molecule has 0 unspecified atom stereocenters. The first-order valence-electron chi connectivity index (χ1n) is 9.07. The first-order valence-corrected chi connectivity index (χ1v) is 9.07. The summed E-state index contributed by atoms with van der Waals surface area (Å²) in [5.74, 6) is 0. The molecule has 0 saturated carbocycles. The van der Waals surface area contributed by atoms with E-state index in [4.69, 9.17) is 4.42 Å². The van der Waals surface area contributed by atoms with Gasteiger partial charge in [-0.05, 0) is 53.8 Å². The van der Waals surface area contributed by atoms with Crippen molar-refractivity contribution in [1.82, 2.24) is 9.97 Å². The van der Waals surface area contributed by atoms with Gasteiger partial charge in [-0.3, -0.25) is 4.79 Å². The fourth-order valence-electron chi connectivity index (χ4n) is 3.83. The molecule has 132 valence electrons. The van der Waals surface area contributed by atoms with Crippen LogP contribution in [0.5, 0.6) is 0 Å². The molecule has 4 heteroatoms. The van der Waals surface area contributed by atoms with E-state index in [9.17, 15) is 4.79 Å². The second-order valence-electron chi connectivity index (χ2n) is 6.91. The van der Waals surface area contributed by atoms with Gasteiger partial charge in [-0.1, -0.05) is 25.1 Å². The molecular formula is C23H18N2O2. The maximum absolute atomic E-state index is 12.3. The Morgan fingerprint density at radius 3 is 2.81 bits per heavy atom. The van der Waals surface area contributed by atoms with Gasteiger partial charge in [0.05, 0.1) is 17.2 Å². The lowest BCUT2D eigenvalue weighted by Gasteiger charge is -2.08. The summed E-state index contributed by atoms with van der Waals surface area (Å²) in [6, 6.07) is 13.7. The predicted octanol–water partition coefficient (Wildman–Crippen LogP) is 5.36. The summed E-state index contributed by atoms with van der Waals surface area (Å²) in [6.07, 6.45) is 4.25. The molecule has 0 spiro atoms. The molecule has 0 amide bonds. The van der Waals surface area contributed by atoms with Crippen LogP contribution in [0.1, 0.15) is 18.1 Å². The van der Waals surface area contributed by atoms with Gasteiger partial charge in [0.25, 0.3) is 0 Å². The van der Waals surface area contributed by atoms with Gasteiger partial charge in [0.2, 0.25) is 0 Å². The van der Waals surface area contributed by atoms with E-state index in [0.717, 1.165) is 45.0 Å². The number of nitrogens with one attached hydrogen (secondary N) is 1. The first-order chi connectivity index (χ1) is 13.2. The highest BCUT2D eigenvalue weighted by Crippen LogP contribution is 2.37. The number of aromatic nitrogens is 2. The zero-order valence-electron chi connectivity index (χ0n) is 15.2. The molecule has 0 aliphatic heterocycles. The van der Waals surface area contributed by atoms with Crippen molar-refractivity contribution in [1.29, 1.82) is 0 Å². The summed E-state index contributed by atoms with van der Waals surface area (Å²) in [5, 5.41) is 2.85. The molecule has 1 N–H and O–H groups in total. The molecule has 3 heterocycles. The third kappa shape index (κ3) is 2.37. The van der Waals surface area contributed by atoms with Gasteiger partial charge in [0.15, 0.2) is 5.43 Å². The minimum absolute atomic E-state index is 0.0315. The number of aromatic amines is 1. The molecule has 27 heavy (non-hydrogen) atoms. The average Bonchev–Trinajstić information content (AvgIpc) is 3.06. The third-order valence-corrected chi connectivity index (χ3v) is 5.18. The molecule has 5 aromatic rings. The summed E-state index contributed by atoms with van der Waals surface area (Å²) in [7, 11) is 0. The Kier molecular flexibility index (Phi) is 3.41. The van der Waals surface area contributed by atoms with Crippen LogP contribution in [0.2, 0.25) is 0 Å². The van der Waals surface area contributed by atoms with Crippen LogP contribution in [0.25, 0.3) is 44.0 Å². The SMILES string of the molecule is CCc1ccc(-c2ccc3occc(=O)c3c2)c2c1[nH]c1ncc(C)cc12. The van der Waals surface area contributed by atoms with Gasteiger partial charge < -0.3 is 9.40 Å². The maximum Gasteiger partial charge on any atom is 0.192 e. The average molecular weight is 354 g/mol. The van der Waals surface area contributed by atoms with Crippen molar-refractivity contribution in [2.75, 3.05) is 0 Å². The quantitative estimate of drug-likeness (QED) is 0.464. The fraction of sp³-hybridized carbons (Fsp3) is 0.130. The van der Waals surface area contributed by atoms with E-state index < -0.39 is 0 Å². The van der Waals surface area contributed by atoms with Crippen LogP contribution in [0.15, 0.2) is 64.1 Å². The standard InChI is InChI=1S/C23H18N2O2/c1-3-14-4-6-16(15-5-7-20-17(11-15)19(26)8-9-27-20)21-18-10-13(2)12-24-23(18)25-22(14)21/h4-12H,3H2,1-2H3,(H,24,25). The van der Waals surface area contributed by atoms with E-state index in [2.05, 4.69) is 42.0 Å². The van der Waals surface area contributed by atoms with Crippen LogP contribution in [-0.4, -0.2) is 9.97 Å². The number of fused-ring (bicyclic) bond motifs is 4. The van der Waals surface area contributed by atoms with Crippen molar-refractivity contribution < 1.29 is 4.42 Å². The lowest BCUT2D eigenvalue weighted by molar-refractivity contribution is 0.602. The summed E-state index contributed by atoms with van der Waals surface area (Å²) < 4.78 is 5.46. The summed E-state index contributed by atoms with van der Waals surface area (Å²) in [4.78, 5) is 20.3. The summed E-state index contributed by atoms with van der Waals surface area (Å²) in [6.45, 7) is 4.20. The van der Waals surface area contributed by atoms with Crippen LogP contribution in [0, 0.1) is 6.92 Å². The number of hydrogen-bond donors (Lipinski definition) is 1. The molecule has 0 aliphatic rings. The first kappa shape index (κ1) is 15.8. The van der Waals surface area contributed by atoms with Gasteiger partial charge in [-0.15, -0.1) is 0 Å². The Morgan fingerprint density at radius 2 is 1.96 bits per heavy atom. The van der Waals surface area contributed by atoms with Crippen LogP contribution in [0.3, 0.4) is 0 Å². The number of aryl methyl sites for hydroxylation is 2. The Morgan fingerprint density at radius 1 is 1.07 bits per heavy atom. The number of benzene rings is 2. The highest BCUT2D eigenvalue weighted by molar-refractivity contribution is 6.14. The smallest absolute Gasteiger partial charge is 0.192 e. The van der Waals surface area contributed by atoms with E-state index in [1.807, 2.05) is 24.4 Å². The van der Waals surface area contributed by atoms with Crippen molar-refractivity contribution in [3.8, 4) is 11.1 Å². The van der Waals surface area contributed by atoms with Gasteiger partial charge >= 0.3 is 0 Å². The van der Waals surface area contributed by atoms with Gasteiger partial charge in [-0.25, -0.2) is 4.98 Å². The van der Waals surface area contributed by atoms with E-state index in [1.54, 1.807) is 0 Å². The molecule has 5 rings (SSSR count). The van der Waals surface area contributed by atoms with E-state index in [1.165, 1.54) is 17.9 Å². The van der Waals surface area contributed by atoms with E-state index in [0.29, 0.717) is 11.0 Å². The van der Waals surface area contributed by atoms with Crippen molar-refractivity contribution >= 4 is 32.9 Å². The van der Waals surface area contributed by atoms with Gasteiger partial charge in [0.1, 0.15) is 11.2 Å². The largest absolute Gasteiger partial charge is 0.464 e. The number of hydrogen-bond acceptors (Lipinski definition) is 3. The molecule has 0 aliphatic carbocycles. The zero-order valence-corrected chi connectivity index (χ0v) is 15.2. The lowest BCUT2D eigenvalue weighted by atomic mass is 9.95. The van der Waals surface area contributed by atoms with E-state index >= 15 is 0 Å². The van der Waals surface area contributed by atoms with Crippen molar-refractivity contribution in [2.45, 2.75) is 20.3 Å². The van der Waals surface area contributed by atoms with Gasteiger partial charge in [0, 0.05) is 23.0 Å². The zero-order chi connectivity index (χ0) is 18.5. The highest BCUT2D eigenvalue weighted by atomic mass is 16.3. The molecule has 0 saturated heterocycles. The Bertz CT molecular complexity index is 1390. The van der Waals surface area contributed by atoms with E-state index in [-0.39, 0.29) is 5.43 Å². The second kappa shape index (κ2) is 5.81. The Hall–Kier alpha value is -3.40. The molecule has 0 fully saturated rings. The monoisotopic (exact) mass is 354 g/mol. The van der Waals surface area contributed by atoms with Crippen molar-refractivity contribution in [3.05, 3.63) is 76.3 Å². The Labute approximate surface area is 155 Å². The van der Waals surface area contributed by atoms with Crippen molar-refractivity contribution in [2.24, 2.45) is 0 Å². The highest BCUT2D eigenvalue weighted by Gasteiger charge is 2.15. The van der Waals surface area contributed by atoms with Crippen LogP contribution >= 0.6 is 0 Å². The number of pyridine rings is 1. The summed E-state index contributed by atoms with van der Waals surface area (Å²) >= 11 is 0. The van der Waals surface area contributed by atoms with Crippen molar-refractivity contribution in [3.63, 3.8) is 0 Å². The molecule has 0 atom stereocenters. The fourth-order valence-corrected chi connectivity index (χ4v) is 3.83. The molecule has 0 bridgehead atoms. The minimum atomic E-state index is -0.0315. The van der Waals surface area contributed by atoms with Crippen LogP contribution in [0.4, 0.5) is 0 Å². The van der Waals surface area contributed by atoms with Gasteiger partial charge in [-0.2, -0.15) is 0 Å². The number of H-pyrrole nitrogens is 1. The molecular weight excluding hydrogens is 336 g/mol. The van der Waals surface area contributed by atoms with Crippen LogP contribution in [-0.2, 0) is 6.42 Å². The summed E-state index contributed by atoms with van der Waals surface area (Å²) in [5.41, 5.74) is 7.03. The molecule has 3 aromatic heterocycles. The topological polar surface area (TPSA) is 58.9 Å². The third-order valence-electron chi connectivity index (χ3n) is 5.18. The minimum Gasteiger partial charge on any atom is -0.464 e. The lowest BCUT2D eigenvalue weighted by Crippen LogP contribution is -1.98. The Balaban J connectivity index is 1.91. The molecule has 2 aromatic carbocycles.